The summed E-state index contributed by atoms with van der Waals surface area (Å²) in [5.74, 6) is 3.44. The average molecular weight is 507 g/mol. The van der Waals surface area contributed by atoms with Crippen LogP contribution in [0.25, 0.3) is 0 Å². The molecule has 1 fully saturated rings. The Kier molecular flexibility index (Phi) is 7.07. The summed E-state index contributed by atoms with van der Waals surface area (Å²) in [5.41, 5.74) is 20.5. The van der Waals surface area contributed by atoms with Gasteiger partial charge in [0, 0.05) is 16.8 Å². The van der Waals surface area contributed by atoms with Gasteiger partial charge in [0.2, 0.25) is 0 Å². The maximum absolute atomic E-state index is 6.31. The second-order valence-corrected chi connectivity index (χ2v) is 10.9. The molecule has 196 valence electrons. The predicted octanol–water partition coefficient (Wildman–Crippen LogP) is 8.92. The molecule has 0 amide bonds. The molecule has 38 heavy (non-hydrogen) atoms. The first-order valence-electron chi connectivity index (χ1n) is 13.6. The number of nitrogens with two attached hydrogens (primary N) is 2. The van der Waals surface area contributed by atoms with Gasteiger partial charge in [-0.3, -0.25) is 0 Å². The van der Waals surface area contributed by atoms with Crippen molar-refractivity contribution >= 4 is 11.4 Å². The number of anilines is 2. The molecule has 1 aliphatic rings. The second kappa shape index (κ2) is 10.4. The normalized spacial score (nSPS) is 14.7. The Hall–Kier alpha value is -3.92. The number of ether oxygens (including phenoxy) is 2. The molecule has 5 rings (SSSR count). The summed E-state index contributed by atoms with van der Waals surface area (Å²) in [4.78, 5) is 0. The van der Waals surface area contributed by atoms with E-state index in [-0.39, 0.29) is 5.41 Å². The maximum Gasteiger partial charge on any atom is 0.133 e. The molecule has 4 aromatic carbocycles. The monoisotopic (exact) mass is 506 g/mol. The van der Waals surface area contributed by atoms with Gasteiger partial charge in [-0.2, -0.15) is 0 Å². The summed E-state index contributed by atoms with van der Waals surface area (Å²) in [6, 6.07) is 24.5. The van der Waals surface area contributed by atoms with Crippen LogP contribution >= 0.6 is 0 Å². The molecule has 4 N–H and O–H groups in total. The van der Waals surface area contributed by atoms with E-state index in [1.807, 2.05) is 48.5 Å². The van der Waals surface area contributed by atoms with Crippen LogP contribution in [-0.4, -0.2) is 0 Å². The third-order valence-electron chi connectivity index (χ3n) is 7.93. The number of hydrogen-bond donors (Lipinski definition) is 2. The number of aryl methyl sites for hydroxylation is 4. The summed E-state index contributed by atoms with van der Waals surface area (Å²) in [6.07, 6.45) is 6.02. The van der Waals surface area contributed by atoms with Gasteiger partial charge in [-0.05, 0) is 122 Å². The summed E-state index contributed by atoms with van der Waals surface area (Å²) in [6.45, 7) is 8.61. The molecule has 0 heterocycles. The maximum atomic E-state index is 6.31. The fourth-order valence-corrected chi connectivity index (χ4v) is 5.98. The molecule has 0 bridgehead atoms. The van der Waals surface area contributed by atoms with E-state index in [0.717, 1.165) is 69.5 Å². The minimum atomic E-state index is -0.0251. The number of hydrogen-bond acceptors (Lipinski definition) is 4. The molecule has 4 heteroatoms. The molecule has 0 unspecified atom stereocenters. The van der Waals surface area contributed by atoms with E-state index in [1.165, 1.54) is 30.4 Å². The zero-order valence-corrected chi connectivity index (χ0v) is 22.9. The molecule has 0 radical (unpaired) electrons. The van der Waals surface area contributed by atoms with E-state index in [4.69, 9.17) is 20.9 Å². The highest BCUT2D eigenvalue weighted by molar-refractivity contribution is 5.55. The van der Waals surface area contributed by atoms with Crippen LogP contribution in [0.5, 0.6) is 23.0 Å². The van der Waals surface area contributed by atoms with Gasteiger partial charge < -0.3 is 20.9 Å². The van der Waals surface area contributed by atoms with Gasteiger partial charge in [-0.1, -0.05) is 43.5 Å². The summed E-state index contributed by atoms with van der Waals surface area (Å²) in [7, 11) is 0. The van der Waals surface area contributed by atoms with Crippen LogP contribution in [0.3, 0.4) is 0 Å². The van der Waals surface area contributed by atoms with Gasteiger partial charge in [-0.15, -0.1) is 0 Å². The molecule has 0 aromatic heterocycles. The highest BCUT2D eigenvalue weighted by Crippen LogP contribution is 2.48. The van der Waals surface area contributed by atoms with Crippen molar-refractivity contribution < 1.29 is 9.47 Å². The van der Waals surface area contributed by atoms with Gasteiger partial charge >= 0.3 is 0 Å². The van der Waals surface area contributed by atoms with Gasteiger partial charge in [0.15, 0.2) is 0 Å². The van der Waals surface area contributed by atoms with E-state index in [2.05, 4.69) is 52.0 Å². The molecule has 1 aliphatic carbocycles. The lowest BCUT2D eigenvalue weighted by molar-refractivity contribution is 0.344. The standard InChI is InChI=1S/C34H38N2O2/c1-22-18-26(19-23(2)32(22)37-30-12-8-28(35)9-13-30)34(16-6-5-7-17-34)27-20-24(3)33(25(4)21-27)38-31-14-10-29(36)11-15-31/h8-15,18-21H,5-7,16-17,35-36H2,1-4H3. The van der Waals surface area contributed by atoms with Crippen molar-refractivity contribution in [2.24, 2.45) is 0 Å². The van der Waals surface area contributed by atoms with Crippen molar-refractivity contribution in [2.75, 3.05) is 11.5 Å². The molecule has 0 spiro atoms. The van der Waals surface area contributed by atoms with E-state index in [1.54, 1.807) is 0 Å². The zero-order valence-electron chi connectivity index (χ0n) is 22.9. The number of benzene rings is 4. The quantitative estimate of drug-likeness (QED) is 0.256. The third-order valence-corrected chi connectivity index (χ3v) is 7.93. The highest BCUT2D eigenvalue weighted by atomic mass is 16.5. The van der Waals surface area contributed by atoms with Gasteiger partial charge in [0.05, 0.1) is 0 Å². The number of rotatable bonds is 6. The van der Waals surface area contributed by atoms with Crippen molar-refractivity contribution in [1.29, 1.82) is 0 Å². The van der Waals surface area contributed by atoms with Crippen molar-refractivity contribution in [3.8, 4) is 23.0 Å². The van der Waals surface area contributed by atoms with Gasteiger partial charge in [0.25, 0.3) is 0 Å². The first kappa shape index (κ1) is 25.7. The average Bonchev–Trinajstić information content (AvgIpc) is 2.90. The largest absolute Gasteiger partial charge is 0.457 e. The smallest absolute Gasteiger partial charge is 0.133 e. The van der Waals surface area contributed by atoms with Crippen LogP contribution < -0.4 is 20.9 Å². The van der Waals surface area contributed by atoms with E-state index >= 15 is 0 Å². The lowest BCUT2D eigenvalue weighted by Gasteiger charge is -2.40. The summed E-state index contributed by atoms with van der Waals surface area (Å²) < 4.78 is 12.6. The fourth-order valence-electron chi connectivity index (χ4n) is 5.98. The van der Waals surface area contributed by atoms with E-state index in [0.29, 0.717) is 0 Å². The summed E-state index contributed by atoms with van der Waals surface area (Å²) >= 11 is 0. The second-order valence-electron chi connectivity index (χ2n) is 10.9. The highest BCUT2D eigenvalue weighted by Gasteiger charge is 2.37. The Morgan fingerprint density at radius 2 is 0.868 bits per heavy atom. The molecule has 4 nitrogen and oxygen atoms in total. The third kappa shape index (κ3) is 5.08. The van der Waals surface area contributed by atoms with Crippen molar-refractivity contribution in [3.05, 3.63) is 106 Å². The Balaban J connectivity index is 1.52. The Morgan fingerprint density at radius 1 is 0.526 bits per heavy atom. The number of nitrogen functional groups attached to an aromatic ring is 2. The lowest BCUT2D eigenvalue weighted by atomic mass is 9.64. The first-order chi connectivity index (χ1) is 18.2. The van der Waals surface area contributed by atoms with E-state index in [9.17, 15) is 0 Å². The molecule has 4 aromatic rings. The SMILES string of the molecule is Cc1cc(C2(c3cc(C)c(Oc4ccc(N)cc4)c(C)c3)CCCCC2)cc(C)c1Oc1ccc(N)cc1. The Bertz CT molecular complexity index is 1280. The fraction of sp³-hybridized carbons (Fsp3) is 0.294. The minimum Gasteiger partial charge on any atom is -0.457 e. The van der Waals surface area contributed by atoms with Crippen LogP contribution in [-0.2, 0) is 5.41 Å². The molecule has 1 saturated carbocycles. The molecule has 0 aliphatic heterocycles. The molecular weight excluding hydrogens is 468 g/mol. The Labute approximate surface area is 226 Å². The van der Waals surface area contributed by atoms with Crippen LogP contribution in [0.1, 0.15) is 65.5 Å². The van der Waals surface area contributed by atoms with Crippen molar-refractivity contribution in [3.63, 3.8) is 0 Å². The Morgan fingerprint density at radius 3 is 1.21 bits per heavy atom. The van der Waals surface area contributed by atoms with Crippen LogP contribution in [0.2, 0.25) is 0 Å². The first-order valence-corrected chi connectivity index (χ1v) is 13.6. The minimum absolute atomic E-state index is 0.0251. The predicted molar refractivity (Wildman–Crippen MR) is 158 cm³/mol. The van der Waals surface area contributed by atoms with Crippen LogP contribution in [0.4, 0.5) is 11.4 Å². The molecule has 0 atom stereocenters. The lowest BCUT2D eigenvalue weighted by Crippen LogP contribution is -2.31. The van der Waals surface area contributed by atoms with E-state index < -0.39 is 0 Å². The molecular formula is C34H38N2O2. The van der Waals surface area contributed by atoms with Gasteiger partial charge in [-0.25, -0.2) is 0 Å². The van der Waals surface area contributed by atoms with Crippen LogP contribution in [0, 0.1) is 27.7 Å². The van der Waals surface area contributed by atoms with Crippen LogP contribution in [0.15, 0.2) is 72.8 Å². The summed E-state index contributed by atoms with van der Waals surface area (Å²) in [5, 5.41) is 0. The van der Waals surface area contributed by atoms with Crippen molar-refractivity contribution in [1.82, 2.24) is 0 Å². The zero-order chi connectivity index (χ0) is 26.9. The topological polar surface area (TPSA) is 70.5 Å². The molecule has 0 saturated heterocycles. The van der Waals surface area contributed by atoms with Gasteiger partial charge in [0.1, 0.15) is 23.0 Å². The van der Waals surface area contributed by atoms with Crippen molar-refractivity contribution in [2.45, 2.75) is 65.2 Å².